The first kappa shape index (κ1) is 18.6. The van der Waals surface area contributed by atoms with Crippen LogP contribution in [-0.4, -0.2) is 34.0 Å². The summed E-state index contributed by atoms with van der Waals surface area (Å²) in [7, 11) is 2.66. The highest BCUT2D eigenvalue weighted by Gasteiger charge is 2.25. The maximum absolute atomic E-state index is 12.8. The first-order valence-electron chi connectivity index (χ1n) is 6.82. The number of hydrogen-bond donors (Lipinski definition) is 1. The molecule has 2 aromatic rings. The number of ether oxygens (including phenoxy) is 1. The molecule has 1 amide bonds. The molecule has 0 unspecified atom stereocenters. The monoisotopic (exact) mass is 372 g/mol. The van der Waals surface area contributed by atoms with E-state index in [0.717, 1.165) is 16.8 Å². The minimum absolute atomic E-state index is 0.126. The number of amides is 1. The molecular formula is C14H14F2N4O4S. The Morgan fingerprint density at radius 2 is 2.12 bits per heavy atom. The Hall–Kier alpha value is -2.69. The lowest BCUT2D eigenvalue weighted by Gasteiger charge is -2.09. The molecule has 134 valence electrons. The first-order chi connectivity index (χ1) is 11.8. The van der Waals surface area contributed by atoms with Crippen LogP contribution in [0.3, 0.4) is 0 Å². The molecule has 1 N–H and O–H groups in total. The summed E-state index contributed by atoms with van der Waals surface area (Å²) in [6, 6.07) is 3.46. The highest BCUT2D eigenvalue weighted by Crippen LogP contribution is 2.34. The van der Waals surface area contributed by atoms with Crippen molar-refractivity contribution in [2.45, 2.75) is 11.3 Å². The number of hydrogen-bond acceptors (Lipinski definition) is 6. The van der Waals surface area contributed by atoms with Gasteiger partial charge >= 0.3 is 0 Å². The number of alkyl halides is 2. The van der Waals surface area contributed by atoms with Gasteiger partial charge in [0.25, 0.3) is 18.0 Å². The van der Waals surface area contributed by atoms with E-state index >= 15 is 0 Å². The highest BCUT2D eigenvalue weighted by molar-refractivity contribution is 7.98. The summed E-state index contributed by atoms with van der Waals surface area (Å²) in [6.45, 7) is 0. The number of anilines is 1. The number of nitrogens with one attached hydrogen (secondary N) is 1. The summed E-state index contributed by atoms with van der Waals surface area (Å²) < 4.78 is 31.5. The molecule has 0 fully saturated rings. The average Bonchev–Trinajstić information content (AvgIpc) is 2.93. The summed E-state index contributed by atoms with van der Waals surface area (Å²) in [5.41, 5.74) is -1.07. The number of nitro groups is 1. The molecule has 11 heteroatoms. The van der Waals surface area contributed by atoms with E-state index in [-0.39, 0.29) is 22.8 Å². The fourth-order valence-electron chi connectivity index (χ4n) is 2.13. The minimum atomic E-state index is -2.76. The van der Waals surface area contributed by atoms with Crippen molar-refractivity contribution in [2.75, 3.05) is 18.7 Å². The van der Waals surface area contributed by atoms with Crippen molar-refractivity contribution in [3.05, 3.63) is 39.6 Å². The number of aryl methyl sites for hydroxylation is 1. The van der Waals surface area contributed by atoms with Crippen LogP contribution in [0.15, 0.2) is 23.1 Å². The number of carbonyl (C=O) groups excluding carboxylic acids is 1. The molecule has 0 bridgehead atoms. The van der Waals surface area contributed by atoms with Gasteiger partial charge < -0.3 is 10.1 Å². The summed E-state index contributed by atoms with van der Waals surface area (Å²) in [5, 5.41) is 17.3. The number of rotatable bonds is 6. The zero-order chi connectivity index (χ0) is 18.7. The van der Waals surface area contributed by atoms with E-state index in [4.69, 9.17) is 4.74 Å². The van der Waals surface area contributed by atoms with E-state index in [2.05, 4.69) is 10.4 Å². The second-order valence-corrected chi connectivity index (χ2v) is 5.66. The summed E-state index contributed by atoms with van der Waals surface area (Å²) >= 11 is 1.24. The molecule has 25 heavy (non-hydrogen) atoms. The predicted octanol–water partition coefficient (Wildman–Crippen LogP) is 3.25. The van der Waals surface area contributed by atoms with Crippen LogP contribution < -0.4 is 10.1 Å². The van der Waals surface area contributed by atoms with Crippen molar-refractivity contribution in [1.82, 2.24) is 9.78 Å². The predicted molar refractivity (Wildman–Crippen MR) is 87.5 cm³/mol. The van der Waals surface area contributed by atoms with Gasteiger partial charge in [-0.05, 0) is 12.3 Å². The van der Waals surface area contributed by atoms with Gasteiger partial charge in [-0.2, -0.15) is 5.10 Å². The second-order valence-electron chi connectivity index (χ2n) is 4.81. The van der Waals surface area contributed by atoms with Gasteiger partial charge in [0.2, 0.25) is 0 Å². The van der Waals surface area contributed by atoms with Crippen LogP contribution in [-0.2, 0) is 7.05 Å². The lowest BCUT2D eigenvalue weighted by molar-refractivity contribution is -0.385. The second kappa shape index (κ2) is 7.47. The maximum Gasteiger partial charge on any atom is 0.285 e. The van der Waals surface area contributed by atoms with E-state index in [9.17, 15) is 23.7 Å². The van der Waals surface area contributed by atoms with Gasteiger partial charge in [0, 0.05) is 13.1 Å². The number of aromatic nitrogens is 2. The molecule has 0 radical (unpaired) electrons. The molecule has 0 aliphatic heterocycles. The first-order valence-corrected chi connectivity index (χ1v) is 8.04. The van der Waals surface area contributed by atoms with E-state index in [1.807, 2.05) is 0 Å². The molecule has 0 saturated heterocycles. The van der Waals surface area contributed by atoms with E-state index in [0.29, 0.717) is 4.90 Å². The van der Waals surface area contributed by atoms with Crippen LogP contribution >= 0.6 is 11.8 Å². The van der Waals surface area contributed by atoms with Gasteiger partial charge in [-0.25, -0.2) is 8.78 Å². The van der Waals surface area contributed by atoms with Crippen LogP contribution in [0.1, 0.15) is 22.5 Å². The Morgan fingerprint density at radius 1 is 1.44 bits per heavy atom. The topological polar surface area (TPSA) is 99.3 Å². The smallest absolute Gasteiger partial charge is 0.285 e. The van der Waals surface area contributed by atoms with Gasteiger partial charge in [-0.3, -0.25) is 19.6 Å². The van der Waals surface area contributed by atoms with Gasteiger partial charge in [-0.15, -0.1) is 11.8 Å². The number of thioether (sulfide) groups is 1. The fraction of sp³-hybridized carbons (Fsp3) is 0.286. The van der Waals surface area contributed by atoms with Crippen LogP contribution in [0.25, 0.3) is 0 Å². The Bertz CT molecular complexity index is 825. The van der Waals surface area contributed by atoms with E-state index in [1.165, 1.54) is 32.0 Å². The van der Waals surface area contributed by atoms with E-state index < -0.39 is 22.9 Å². The van der Waals surface area contributed by atoms with Crippen molar-refractivity contribution >= 4 is 29.2 Å². The molecule has 1 aromatic carbocycles. The average molecular weight is 372 g/mol. The van der Waals surface area contributed by atoms with E-state index in [1.54, 1.807) is 6.26 Å². The zero-order valence-electron chi connectivity index (χ0n) is 13.4. The Balaban J connectivity index is 2.41. The third-order valence-corrected chi connectivity index (χ3v) is 4.08. The van der Waals surface area contributed by atoms with Crippen molar-refractivity contribution in [2.24, 2.45) is 7.05 Å². The van der Waals surface area contributed by atoms with Crippen LogP contribution in [0.4, 0.5) is 20.3 Å². The van der Waals surface area contributed by atoms with Crippen molar-refractivity contribution < 1.29 is 23.2 Å². The molecule has 1 heterocycles. The Labute approximate surface area is 145 Å². The van der Waals surface area contributed by atoms with Crippen LogP contribution in [0, 0.1) is 10.1 Å². The minimum Gasteiger partial charge on any atom is -0.495 e. The molecule has 1 aromatic heterocycles. The van der Waals surface area contributed by atoms with Gasteiger partial charge in [-0.1, -0.05) is 0 Å². The van der Waals surface area contributed by atoms with Crippen molar-refractivity contribution in [3.63, 3.8) is 0 Å². The Kier molecular flexibility index (Phi) is 5.57. The van der Waals surface area contributed by atoms with Crippen LogP contribution in [0.5, 0.6) is 5.75 Å². The number of halogens is 2. The molecule has 0 saturated carbocycles. The summed E-state index contributed by atoms with van der Waals surface area (Å²) in [6.07, 6.45) is -1.04. The molecule has 0 spiro atoms. The highest BCUT2D eigenvalue weighted by atomic mass is 32.2. The van der Waals surface area contributed by atoms with Crippen molar-refractivity contribution in [3.8, 4) is 5.75 Å². The lowest BCUT2D eigenvalue weighted by Crippen LogP contribution is -2.15. The summed E-state index contributed by atoms with van der Waals surface area (Å²) in [5.74, 6) is -0.698. The SMILES string of the molecule is COc1cc([N+](=O)[O-])c(C(=O)Nc2cc(C(F)F)n(C)n2)cc1SC. The van der Waals surface area contributed by atoms with Gasteiger partial charge in [0.15, 0.2) is 5.82 Å². The van der Waals surface area contributed by atoms with Gasteiger partial charge in [0.05, 0.1) is 23.0 Å². The van der Waals surface area contributed by atoms with Crippen molar-refractivity contribution in [1.29, 1.82) is 0 Å². The maximum atomic E-state index is 12.8. The van der Waals surface area contributed by atoms with Crippen LogP contribution in [0.2, 0.25) is 0 Å². The number of carbonyl (C=O) groups is 1. The fourth-order valence-corrected chi connectivity index (χ4v) is 2.71. The third kappa shape index (κ3) is 3.87. The molecule has 0 aliphatic rings. The quantitative estimate of drug-likeness (QED) is 0.475. The lowest BCUT2D eigenvalue weighted by atomic mass is 10.1. The zero-order valence-corrected chi connectivity index (χ0v) is 14.3. The molecule has 2 rings (SSSR count). The normalized spacial score (nSPS) is 10.8. The number of nitrogens with zero attached hydrogens (tertiary/aromatic N) is 3. The number of methoxy groups -OCH3 is 1. The molecule has 0 aliphatic carbocycles. The van der Waals surface area contributed by atoms with Gasteiger partial charge in [0.1, 0.15) is 17.0 Å². The Morgan fingerprint density at radius 3 is 2.60 bits per heavy atom. The standard InChI is InChI=1S/C14H14F2N4O4S/c1-19-9(13(15)16)6-12(18-19)17-14(21)7-4-11(25-3)10(24-2)5-8(7)20(22)23/h4-6,13H,1-3H3,(H,17,18,21). The molecule has 0 atom stereocenters. The summed E-state index contributed by atoms with van der Waals surface area (Å²) in [4.78, 5) is 23.4. The molecular weight excluding hydrogens is 358 g/mol. The number of benzene rings is 1. The largest absolute Gasteiger partial charge is 0.495 e. The number of nitro benzene ring substituents is 1. The third-order valence-electron chi connectivity index (χ3n) is 3.32. The molecule has 8 nitrogen and oxygen atoms in total.